The molecule has 1 unspecified atom stereocenters. The molecule has 2 aromatic carbocycles. The van der Waals surface area contributed by atoms with Crippen molar-refractivity contribution in [2.45, 2.75) is 37.9 Å². The number of piperidine rings is 1. The topological polar surface area (TPSA) is 92.6 Å². The number of nitrogens with zero attached hydrogens (tertiary/aromatic N) is 2. The minimum atomic E-state index is -0.545. The highest BCUT2D eigenvalue weighted by atomic mass is 16.6. The predicted molar refractivity (Wildman–Crippen MR) is 125 cm³/mol. The third kappa shape index (κ3) is 4.75. The summed E-state index contributed by atoms with van der Waals surface area (Å²) in [5.74, 6) is 1.55. The van der Waals surface area contributed by atoms with Gasteiger partial charge in [0.25, 0.3) is 0 Å². The minimum Gasteiger partial charge on any atom is -0.508 e. The second kappa shape index (κ2) is 9.70. The van der Waals surface area contributed by atoms with Gasteiger partial charge in [0.15, 0.2) is 11.5 Å². The molecule has 1 atom stereocenters. The monoisotopic (exact) mass is 453 g/mol. The van der Waals surface area contributed by atoms with E-state index in [1.165, 1.54) is 0 Å². The highest BCUT2D eigenvalue weighted by Crippen LogP contribution is 2.38. The molecular formula is C25H31N3O5. The Labute approximate surface area is 194 Å². The minimum absolute atomic E-state index is 0.124. The van der Waals surface area contributed by atoms with Crippen molar-refractivity contribution in [1.82, 2.24) is 10.2 Å². The normalized spacial score (nSPS) is 19.7. The van der Waals surface area contributed by atoms with E-state index < -0.39 is 5.66 Å². The van der Waals surface area contributed by atoms with Crippen LogP contribution in [0.2, 0.25) is 0 Å². The van der Waals surface area contributed by atoms with Crippen molar-refractivity contribution in [3.8, 4) is 17.2 Å². The van der Waals surface area contributed by atoms with Crippen LogP contribution in [0.1, 0.15) is 43.4 Å². The lowest BCUT2D eigenvalue weighted by Crippen LogP contribution is -2.56. The molecule has 8 nitrogen and oxygen atoms in total. The zero-order valence-electron chi connectivity index (χ0n) is 19.3. The van der Waals surface area contributed by atoms with Crippen LogP contribution in [0.15, 0.2) is 47.5 Å². The van der Waals surface area contributed by atoms with Gasteiger partial charge in [-0.15, -0.1) is 0 Å². The van der Waals surface area contributed by atoms with Crippen LogP contribution in [0.4, 0.5) is 4.79 Å². The lowest BCUT2D eigenvalue weighted by Gasteiger charge is -2.45. The molecule has 2 aromatic rings. The Bertz CT molecular complexity index is 1030. The molecule has 176 valence electrons. The quantitative estimate of drug-likeness (QED) is 0.714. The van der Waals surface area contributed by atoms with Crippen molar-refractivity contribution in [2.24, 2.45) is 4.99 Å². The maximum absolute atomic E-state index is 12.2. The van der Waals surface area contributed by atoms with Crippen LogP contribution < -0.4 is 14.8 Å². The zero-order chi connectivity index (χ0) is 23.4. The predicted octanol–water partition coefficient (Wildman–Crippen LogP) is 3.88. The number of aliphatic imine (C=N–C) groups is 1. The summed E-state index contributed by atoms with van der Waals surface area (Å²) < 4.78 is 16.1. The molecule has 0 bridgehead atoms. The van der Waals surface area contributed by atoms with Crippen molar-refractivity contribution in [1.29, 1.82) is 0 Å². The van der Waals surface area contributed by atoms with Gasteiger partial charge in [0.05, 0.1) is 20.8 Å². The second-order valence-corrected chi connectivity index (χ2v) is 8.31. The van der Waals surface area contributed by atoms with E-state index in [0.29, 0.717) is 50.5 Å². The fourth-order valence-corrected chi connectivity index (χ4v) is 4.60. The molecule has 1 fully saturated rings. The number of nitrogens with one attached hydrogen (secondary N) is 1. The van der Waals surface area contributed by atoms with Gasteiger partial charge >= 0.3 is 6.09 Å². The van der Waals surface area contributed by atoms with Gasteiger partial charge in [0.1, 0.15) is 11.4 Å². The van der Waals surface area contributed by atoms with Crippen LogP contribution in [0.25, 0.3) is 0 Å². The van der Waals surface area contributed by atoms with Gasteiger partial charge < -0.3 is 24.2 Å². The first-order valence-electron chi connectivity index (χ1n) is 11.3. The molecule has 33 heavy (non-hydrogen) atoms. The molecule has 2 aliphatic rings. The zero-order valence-corrected chi connectivity index (χ0v) is 19.3. The highest BCUT2D eigenvalue weighted by molar-refractivity contribution is 6.02. The number of amides is 1. The van der Waals surface area contributed by atoms with Crippen LogP contribution in [0.5, 0.6) is 17.2 Å². The van der Waals surface area contributed by atoms with Gasteiger partial charge in [-0.25, -0.2) is 4.79 Å². The number of aromatic hydroxyl groups is 1. The first kappa shape index (κ1) is 22.9. The summed E-state index contributed by atoms with van der Waals surface area (Å²) in [6.45, 7) is 3.25. The summed E-state index contributed by atoms with van der Waals surface area (Å²) in [5, 5.41) is 14.2. The van der Waals surface area contributed by atoms with Crippen molar-refractivity contribution < 1.29 is 24.1 Å². The molecule has 4 rings (SSSR count). The van der Waals surface area contributed by atoms with Gasteiger partial charge in [0.2, 0.25) is 0 Å². The van der Waals surface area contributed by atoms with Crippen LogP contribution >= 0.6 is 0 Å². The standard InChI is InChI=1S/C25H31N3O5/c1-4-33-24(30)28-13-11-25(12-14-28)26-19(17-9-10-22(31-2)23(15-17)32-3)16-20(27-25)18-7-5-6-8-21(18)29/h5-10,15,20,27,29H,4,11-14,16H2,1-3H3. The smallest absolute Gasteiger partial charge is 0.409 e. The van der Waals surface area contributed by atoms with Crippen LogP contribution in [-0.4, -0.2) is 61.4 Å². The number of carbonyl (C=O) groups excluding carboxylic acids is 1. The number of phenolic OH excluding ortho intramolecular Hbond substituents is 1. The maximum Gasteiger partial charge on any atom is 0.409 e. The number of benzene rings is 2. The molecule has 2 N–H and O–H groups in total. The summed E-state index contributed by atoms with van der Waals surface area (Å²) in [5.41, 5.74) is 2.16. The van der Waals surface area contributed by atoms with Gasteiger partial charge in [-0.05, 0) is 36.8 Å². The molecule has 1 amide bonds. The number of hydrogen-bond acceptors (Lipinski definition) is 7. The molecular weight excluding hydrogens is 422 g/mol. The Morgan fingerprint density at radius 1 is 1.15 bits per heavy atom. The third-order valence-corrected chi connectivity index (χ3v) is 6.33. The van der Waals surface area contributed by atoms with Crippen molar-refractivity contribution in [3.05, 3.63) is 53.6 Å². The molecule has 2 aliphatic heterocycles. The summed E-state index contributed by atoms with van der Waals surface area (Å²) >= 11 is 0. The number of rotatable bonds is 5. The summed E-state index contributed by atoms with van der Waals surface area (Å²) in [6, 6.07) is 13.1. The Balaban J connectivity index is 1.68. The summed E-state index contributed by atoms with van der Waals surface area (Å²) in [7, 11) is 3.23. The van der Waals surface area contributed by atoms with Gasteiger partial charge in [-0.1, -0.05) is 18.2 Å². The number of methoxy groups -OCH3 is 2. The first-order chi connectivity index (χ1) is 16.0. The van der Waals surface area contributed by atoms with Crippen molar-refractivity contribution >= 4 is 11.8 Å². The maximum atomic E-state index is 12.2. The van der Waals surface area contributed by atoms with E-state index in [2.05, 4.69) is 5.32 Å². The molecule has 8 heteroatoms. The Morgan fingerprint density at radius 2 is 1.88 bits per heavy atom. The molecule has 0 radical (unpaired) electrons. The van der Waals surface area contributed by atoms with Crippen LogP contribution in [0, 0.1) is 0 Å². The number of ether oxygens (including phenoxy) is 3. The number of phenols is 1. The molecule has 1 spiro atoms. The lowest BCUT2D eigenvalue weighted by molar-refractivity contribution is 0.0778. The molecule has 0 aliphatic carbocycles. The van der Waals surface area contributed by atoms with E-state index in [1.54, 1.807) is 25.2 Å². The first-order valence-corrected chi connectivity index (χ1v) is 11.3. The molecule has 0 saturated carbocycles. The van der Waals surface area contributed by atoms with E-state index in [0.717, 1.165) is 16.8 Å². The average Bonchev–Trinajstić information content (AvgIpc) is 2.84. The van der Waals surface area contributed by atoms with Gasteiger partial charge in [-0.3, -0.25) is 10.3 Å². The number of hydrogen-bond donors (Lipinski definition) is 2. The number of carbonyl (C=O) groups is 1. The summed E-state index contributed by atoms with van der Waals surface area (Å²) in [6.07, 6.45) is 1.61. The fourth-order valence-electron chi connectivity index (χ4n) is 4.60. The van der Waals surface area contributed by atoms with Crippen LogP contribution in [-0.2, 0) is 4.74 Å². The SMILES string of the molecule is CCOC(=O)N1CCC2(CC1)N=C(c1ccc(OC)c(OC)c1)CC(c1ccccc1O)N2. The van der Waals surface area contributed by atoms with E-state index in [1.807, 2.05) is 43.3 Å². The average molecular weight is 454 g/mol. The molecule has 0 aromatic heterocycles. The Kier molecular flexibility index (Phi) is 6.74. The van der Waals surface area contributed by atoms with Crippen molar-refractivity contribution in [2.75, 3.05) is 33.9 Å². The van der Waals surface area contributed by atoms with Gasteiger partial charge in [-0.2, -0.15) is 0 Å². The molecule has 1 saturated heterocycles. The fraction of sp³-hybridized carbons (Fsp3) is 0.440. The van der Waals surface area contributed by atoms with Crippen LogP contribution in [0.3, 0.4) is 0 Å². The Morgan fingerprint density at radius 3 is 2.55 bits per heavy atom. The van der Waals surface area contributed by atoms with E-state index in [9.17, 15) is 9.90 Å². The largest absolute Gasteiger partial charge is 0.508 e. The highest BCUT2D eigenvalue weighted by Gasteiger charge is 2.41. The van der Waals surface area contributed by atoms with E-state index >= 15 is 0 Å². The third-order valence-electron chi connectivity index (χ3n) is 6.33. The van der Waals surface area contributed by atoms with Gasteiger partial charge in [0, 0.05) is 49.7 Å². The van der Waals surface area contributed by atoms with Crippen molar-refractivity contribution in [3.63, 3.8) is 0 Å². The van der Waals surface area contributed by atoms with E-state index in [4.69, 9.17) is 19.2 Å². The second-order valence-electron chi connectivity index (χ2n) is 8.31. The Hall–Kier alpha value is -3.26. The van der Waals surface area contributed by atoms with E-state index in [-0.39, 0.29) is 17.9 Å². The molecule has 2 heterocycles. The summed E-state index contributed by atoms with van der Waals surface area (Å²) in [4.78, 5) is 19.1. The lowest BCUT2D eigenvalue weighted by atomic mass is 9.87. The number of likely N-dealkylation sites (tertiary alicyclic amines) is 1. The number of para-hydroxylation sites is 1.